The molecule has 0 saturated carbocycles. The van der Waals surface area contributed by atoms with Crippen LogP contribution in [-0.4, -0.2) is 18.3 Å². The number of amides is 1. The largest absolute Gasteiger partial charge is 0.435 e. The van der Waals surface area contributed by atoms with E-state index in [0.717, 1.165) is 6.07 Å². The van der Waals surface area contributed by atoms with Gasteiger partial charge in [-0.05, 0) is 6.07 Å². The fourth-order valence-electron chi connectivity index (χ4n) is 1.82. The first-order valence-electron chi connectivity index (χ1n) is 5.38. The molecule has 0 radical (unpaired) electrons. The molecule has 0 saturated heterocycles. The van der Waals surface area contributed by atoms with Crippen LogP contribution in [0.25, 0.3) is 0 Å². The molecule has 0 aliphatic carbocycles. The molecular formula is C11H6F7NO2. The van der Waals surface area contributed by atoms with Crippen molar-refractivity contribution in [1.29, 1.82) is 0 Å². The summed E-state index contributed by atoms with van der Waals surface area (Å²) in [6.07, 6.45) is -12.7. The van der Waals surface area contributed by atoms with Gasteiger partial charge in [0.25, 0.3) is 5.91 Å². The highest BCUT2D eigenvalue weighted by Crippen LogP contribution is 2.53. The maximum absolute atomic E-state index is 13.8. The summed E-state index contributed by atoms with van der Waals surface area (Å²) in [5.41, 5.74) is -5.38. The molecule has 21 heavy (non-hydrogen) atoms. The van der Waals surface area contributed by atoms with E-state index in [1.54, 1.807) is 5.48 Å². The van der Waals surface area contributed by atoms with Crippen molar-refractivity contribution in [3.8, 4) is 5.75 Å². The van der Waals surface area contributed by atoms with Crippen LogP contribution in [-0.2, 0) is 16.9 Å². The molecule has 1 amide bonds. The predicted octanol–water partition coefficient (Wildman–Crippen LogP) is 2.94. The molecule has 1 aromatic rings. The second-order valence-corrected chi connectivity index (χ2v) is 4.28. The monoisotopic (exact) mass is 317 g/mol. The van der Waals surface area contributed by atoms with Crippen LogP contribution in [0.15, 0.2) is 18.2 Å². The molecule has 1 aromatic carbocycles. The van der Waals surface area contributed by atoms with E-state index in [9.17, 15) is 35.5 Å². The normalized spacial score (nSPS) is 16.0. The van der Waals surface area contributed by atoms with Gasteiger partial charge < -0.3 is 4.84 Å². The third kappa shape index (κ3) is 2.38. The number of carbonyl (C=O) groups is 1. The number of halogens is 7. The van der Waals surface area contributed by atoms with Crippen LogP contribution in [0.1, 0.15) is 11.1 Å². The zero-order valence-corrected chi connectivity index (χ0v) is 9.90. The number of nitrogens with one attached hydrogen (secondary N) is 1. The number of benzene rings is 1. The Morgan fingerprint density at radius 1 is 1.00 bits per heavy atom. The van der Waals surface area contributed by atoms with E-state index in [0.29, 0.717) is 6.07 Å². The summed E-state index contributed by atoms with van der Waals surface area (Å²) < 4.78 is 89.2. The number of alkyl halides is 7. The SMILES string of the molecule is O=C1Cc2ccc(C(F)(C(F)(F)F)C(F)(F)F)cc2ON1. The fraction of sp³-hybridized carbons (Fsp3) is 0.364. The minimum absolute atomic E-state index is 0.0502. The topological polar surface area (TPSA) is 38.3 Å². The van der Waals surface area contributed by atoms with Crippen LogP contribution in [0.4, 0.5) is 30.7 Å². The number of hydroxylamine groups is 1. The highest BCUT2D eigenvalue weighted by atomic mass is 19.4. The van der Waals surface area contributed by atoms with Gasteiger partial charge in [0.2, 0.25) is 0 Å². The molecule has 0 bridgehead atoms. The number of carbonyl (C=O) groups excluding carboxylic acids is 1. The molecule has 116 valence electrons. The van der Waals surface area contributed by atoms with Crippen LogP contribution in [0.2, 0.25) is 0 Å². The molecule has 0 fully saturated rings. The third-order valence-electron chi connectivity index (χ3n) is 2.87. The second kappa shape index (κ2) is 4.50. The Bertz CT molecular complexity index is 565. The quantitative estimate of drug-likeness (QED) is 0.809. The first-order valence-corrected chi connectivity index (χ1v) is 5.38. The van der Waals surface area contributed by atoms with Crippen LogP contribution >= 0.6 is 0 Å². The predicted molar refractivity (Wildman–Crippen MR) is 53.8 cm³/mol. The van der Waals surface area contributed by atoms with Gasteiger partial charge in [0, 0.05) is 11.1 Å². The summed E-state index contributed by atoms with van der Waals surface area (Å²) in [5.74, 6) is -1.10. The third-order valence-corrected chi connectivity index (χ3v) is 2.87. The lowest BCUT2D eigenvalue weighted by atomic mass is 9.92. The van der Waals surface area contributed by atoms with Gasteiger partial charge in [0.1, 0.15) is 0 Å². The average molecular weight is 317 g/mol. The van der Waals surface area contributed by atoms with Crippen molar-refractivity contribution in [2.24, 2.45) is 0 Å². The summed E-state index contributed by atoms with van der Waals surface area (Å²) in [6.45, 7) is 0. The first kappa shape index (κ1) is 15.4. The summed E-state index contributed by atoms with van der Waals surface area (Å²) >= 11 is 0. The van der Waals surface area contributed by atoms with Gasteiger partial charge in [-0.15, -0.1) is 0 Å². The highest BCUT2D eigenvalue weighted by Gasteiger charge is 2.73. The highest BCUT2D eigenvalue weighted by molar-refractivity contribution is 5.80. The van der Waals surface area contributed by atoms with Gasteiger partial charge in [-0.2, -0.15) is 31.8 Å². The van der Waals surface area contributed by atoms with Gasteiger partial charge in [0.05, 0.1) is 6.42 Å². The molecule has 0 atom stereocenters. The van der Waals surface area contributed by atoms with E-state index in [2.05, 4.69) is 4.84 Å². The lowest BCUT2D eigenvalue weighted by Crippen LogP contribution is -2.50. The van der Waals surface area contributed by atoms with Crippen molar-refractivity contribution in [1.82, 2.24) is 5.48 Å². The first-order chi connectivity index (χ1) is 9.47. The van der Waals surface area contributed by atoms with E-state index in [4.69, 9.17) is 0 Å². The van der Waals surface area contributed by atoms with Crippen molar-refractivity contribution < 1.29 is 40.4 Å². The van der Waals surface area contributed by atoms with E-state index in [-0.39, 0.29) is 18.1 Å². The van der Waals surface area contributed by atoms with E-state index < -0.39 is 35.2 Å². The van der Waals surface area contributed by atoms with Gasteiger partial charge in [-0.3, -0.25) is 4.79 Å². The lowest BCUT2D eigenvalue weighted by Gasteiger charge is -2.31. The van der Waals surface area contributed by atoms with Crippen molar-refractivity contribution in [2.75, 3.05) is 0 Å². The minimum Gasteiger partial charge on any atom is -0.379 e. The molecule has 3 nitrogen and oxygen atoms in total. The van der Waals surface area contributed by atoms with Gasteiger partial charge in [-0.1, -0.05) is 12.1 Å². The van der Waals surface area contributed by atoms with Crippen molar-refractivity contribution in [3.05, 3.63) is 29.3 Å². The molecule has 10 heteroatoms. The Labute approximate surface area is 112 Å². The zero-order chi connectivity index (χ0) is 16.1. The Kier molecular flexibility index (Phi) is 3.30. The molecule has 2 rings (SSSR count). The van der Waals surface area contributed by atoms with Gasteiger partial charge in [-0.25, -0.2) is 4.39 Å². The Hall–Kier alpha value is -2.00. The number of hydrogen-bond donors (Lipinski definition) is 1. The Morgan fingerprint density at radius 2 is 1.57 bits per heavy atom. The van der Waals surface area contributed by atoms with E-state index >= 15 is 0 Å². The van der Waals surface area contributed by atoms with Crippen LogP contribution in [0.3, 0.4) is 0 Å². The molecule has 1 heterocycles. The molecular weight excluding hydrogens is 311 g/mol. The smallest absolute Gasteiger partial charge is 0.379 e. The van der Waals surface area contributed by atoms with Crippen LogP contribution in [0.5, 0.6) is 5.75 Å². The number of rotatable bonds is 1. The molecule has 1 N–H and O–H groups in total. The standard InChI is InChI=1S/C11H6F7NO2/c12-9(10(13,14)15,11(16,17)18)6-2-1-5-3-8(20)19-21-7(5)4-6/h1-2,4H,3H2,(H,19,20). The molecule has 0 unspecified atom stereocenters. The summed E-state index contributed by atoms with van der Waals surface area (Å²) in [4.78, 5) is 15.5. The van der Waals surface area contributed by atoms with Gasteiger partial charge >= 0.3 is 18.0 Å². The van der Waals surface area contributed by atoms with Crippen LogP contribution in [0, 0.1) is 0 Å². The Balaban J connectivity index is 2.56. The minimum atomic E-state index is -6.20. The molecule has 0 aromatic heterocycles. The summed E-state index contributed by atoms with van der Waals surface area (Å²) in [7, 11) is 0. The fourth-order valence-corrected chi connectivity index (χ4v) is 1.82. The Morgan fingerprint density at radius 3 is 2.10 bits per heavy atom. The van der Waals surface area contributed by atoms with Crippen molar-refractivity contribution >= 4 is 5.91 Å². The molecule has 1 aliphatic heterocycles. The number of fused-ring (bicyclic) bond motifs is 1. The molecule has 1 aliphatic rings. The number of hydrogen-bond acceptors (Lipinski definition) is 2. The van der Waals surface area contributed by atoms with Crippen molar-refractivity contribution in [2.45, 2.75) is 24.4 Å². The van der Waals surface area contributed by atoms with E-state index in [1.165, 1.54) is 0 Å². The maximum Gasteiger partial charge on any atom is 0.435 e. The average Bonchev–Trinajstić information content (AvgIpc) is 2.34. The molecule has 0 spiro atoms. The summed E-state index contributed by atoms with van der Waals surface area (Å²) in [6, 6.07) is 1.40. The van der Waals surface area contributed by atoms with Gasteiger partial charge in [0.15, 0.2) is 5.75 Å². The summed E-state index contributed by atoms with van der Waals surface area (Å²) in [5, 5.41) is 0. The van der Waals surface area contributed by atoms with Crippen molar-refractivity contribution in [3.63, 3.8) is 0 Å². The van der Waals surface area contributed by atoms with Crippen LogP contribution < -0.4 is 10.3 Å². The lowest BCUT2D eigenvalue weighted by molar-refractivity contribution is -0.348. The maximum atomic E-state index is 13.8. The van der Waals surface area contributed by atoms with E-state index in [1.807, 2.05) is 0 Å². The second-order valence-electron chi connectivity index (χ2n) is 4.28. The zero-order valence-electron chi connectivity index (χ0n) is 9.90.